The van der Waals surface area contributed by atoms with Crippen molar-refractivity contribution >= 4 is 5.91 Å². The average molecular weight is 323 g/mol. The monoisotopic (exact) mass is 323 g/mol. The molecule has 1 atom stereocenters. The Bertz CT molecular complexity index is 851. The molecule has 0 bridgehead atoms. The molecular weight excluding hydrogens is 306 g/mol. The number of aryl methyl sites for hydroxylation is 1. The van der Waals surface area contributed by atoms with E-state index in [0.29, 0.717) is 11.3 Å². The summed E-state index contributed by atoms with van der Waals surface area (Å²) in [4.78, 5) is 26.4. The molecule has 0 aliphatic heterocycles. The standard InChI is InChI=1S/C18H17N3O3/c19-10-12-4-1-2-7-16(12)24-11-18(23)21-15-6-3-5-14-13(15)8-9-17(22)20-14/h1-2,4,7-9,15H,3,5-6,11H2,(H,20,22)(H,21,23). The van der Waals surface area contributed by atoms with E-state index in [-0.39, 0.29) is 24.1 Å². The molecule has 2 N–H and O–H groups in total. The van der Waals surface area contributed by atoms with Gasteiger partial charge in [-0.3, -0.25) is 9.59 Å². The highest BCUT2D eigenvalue weighted by atomic mass is 16.5. The zero-order valence-corrected chi connectivity index (χ0v) is 13.0. The second-order valence-corrected chi connectivity index (χ2v) is 5.67. The van der Waals surface area contributed by atoms with Crippen molar-refractivity contribution in [1.82, 2.24) is 10.3 Å². The molecule has 6 nitrogen and oxygen atoms in total. The minimum Gasteiger partial charge on any atom is -0.482 e. The van der Waals surface area contributed by atoms with Crippen molar-refractivity contribution < 1.29 is 9.53 Å². The molecule has 0 saturated heterocycles. The van der Waals surface area contributed by atoms with Crippen LogP contribution in [0.5, 0.6) is 5.75 Å². The summed E-state index contributed by atoms with van der Waals surface area (Å²) in [5, 5.41) is 12.0. The van der Waals surface area contributed by atoms with Crippen LogP contribution in [0.4, 0.5) is 0 Å². The molecule has 0 spiro atoms. The number of hydrogen-bond acceptors (Lipinski definition) is 4. The first-order valence-electron chi connectivity index (χ1n) is 7.81. The van der Waals surface area contributed by atoms with Crippen molar-refractivity contribution in [2.24, 2.45) is 0 Å². The zero-order chi connectivity index (χ0) is 16.9. The molecule has 2 aromatic rings. The van der Waals surface area contributed by atoms with Crippen LogP contribution in [0.2, 0.25) is 0 Å². The van der Waals surface area contributed by atoms with E-state index < -0.39 is 0 Å². The van der Waals surface area contributed by atoms with Crippen LogP contribution >= 0.6 is 0 Å². The molecule has 122 valence electrons. The predicted molar refractivity (Wildman–Crippen MR) is 87.5 cm³/mol. The molecular formula is C18H17N3O3. The lowest BCUT2D eigenvalue weighted by Gasteiger charge is -2.25. The van der Waals surface area contributed by atoms with Crippen LogP contribution in [0.15, 0.2) is 41.2 Å². The van der Waals surface area contributed by atoms with Gasteiger partial charge in [0.25, 0.3) is 5.91 Å². The van der Waals surface area contributed by atoms with Gasteiger partial charge in [-0.1, -0.05) is 12.1 Å². The van der Waals surface area contributed by atoms with Crippen LogP contribution < -0.4 is 15.6 Å². The molecule has 0 saturated carbocycles. The third kappa shape index (κ3) is 3.46. The van der Waals surface area contributed by atoms with E-state index in [2.05, 4.69) is 10.3 Å². The van der Waals surface area contributed by atoms with Gasteiger partial charge in [-0.25, -0.2) is 0 Å². The fraction of sp³-hybridized carbons (Fsp3) is 0.278. The van der Waals surface area contributed by atoms with E-state index in [1.165, 1.54) is 6.07 Å². The van der Waals surface area contributed by atoms with Gasteiger partial charge in [0.2, 0.25) is 5.56 Å². The molecule has 3 rings (SSSR count). The summed E-state index contributed by atoms with van der Waals surface area (Å²) in [5.74, 6) is 0.135. The van der Waals surface area contributed by atoms with E-state index in [0.717, 1.165) is 30.5 Å². The summed E-state index contributed by atoms with van der Waals surface area (Å²) in [6, 6.07) is 11.9. The Morgan fingerprint density at radius 1 is 1.33 bits per heavy atom. The van der Waals surface area contributed by atoms with Crippen LogP contribution in [0.3, 0.4) is 0 Å². The first kappa shape index (κ1) is 15.8. The summed E-state index contributed by atoms with van der Waals surface area (Å²) in [6.45, 7) is -0.159. The van der Waals surface area contributed by atoms with Crippen LogP contribution in [-0.4, -0.2) is 17.5 Å². The lowest BCUT2D eigenvalue weighted by Crippen LogP contribution is -2.35. The van der Waals surface area contributed by atoms with Gasteiger partial charge in [0.15, 0.2) is 6.61 Å². The number of carbonyl (C=O) groups excluding carboxylic acids is 1. The number of rotatable bonds is 4. The maximum Gasteiger partial charge on any atom is 0.258 e. The second kappa shape index (κ2) is 7.01. The minimum atomic E-state index is -0.258. The number of carbonyl (C=O) groups is 1. The maximum atomic E-state index is 12.2. The molecule has 1 heterocycles. The number of H-pyrrole nitrogens is 1. The molecule has 1 aromatic heterocycles. The quantitative estimate of drug-likeness (QED) is 0.897. The number of ether oxygens (including phenoxy) is 1. The van der Waals surface area contributed by atoms with Gasteiger partial charge in [-0.2, -0.15) is 5.26 Å². The Morgan fingerprint density at radius 2 is 2.17 bits per heavy atom. The number of aromatic amines is 1. The van der Waals surface area contributed by atoms with Crippen molar-refractivity contribution in [3.8, 4) is 11.8 Å². The van der Waals surface area contributed by atoms with Crippen LogP contribution in [-0.2, 0) is 11.2 Å². The average Bonchev–Trinajstić information content (AvgIpc) is 2.60. The fourth-order valence-corrected chi connectivity index (χ4v) is 2.91. The molecule has 0 radical (unpaired) electrons. The Balaban J connectivity index is 1.64. The van der Waals surface area contributed by atoms with E-state index in [1.54, 1.807) is 30.3 Å². The number of para-hydroxylation sites is 1. The van der Waals surface area contributed by atoms with Crippen molar-refractivity contribution in [3.63, 3.8) is 0 Å². The molecule has 1 unspecified atom stereocenters. The Labute approximate surface area is 139 Å². The summed E-state index contributed by atoms with van der Waals surface area (Å²) >= 11 is 0. The van der Waals surface area contributed by atoms with E-state index in [1.807, 2.05) is 6.07 Å². The van der Waals surface area contributed by atoms with E-state index >= 15 is 0 Å². The molecule has 1 aliphatic rings. The number of hydrogen-bond donors (Lipinski definition) is 2. The number of amides is 1. The molecule has 1 amide bonds. The maximum absolute atomic E-state index is 12.2. The van der Waals surface area contributed by atoms with Gasteiger partial charge >= 0.3 is 0 Å². The molecule has 6 heteroatoms. The fourth-order valence-electron chi connectivity index (χ4n) is 2.91. The Hall–Kier alpha value is -3.07. The molecule has 1 aliphatic carbocycles. The lowest BCUT2D eigenvalue weighted by atomic mass is 9.91. The zero-order valence-electron chi connectivity index (χ0n) is 13.0. The largest absolute Gasteiger partial charge is 0.482 e. The lowest BCUT2D eigenvalue weighted by molar-refractivity contribution is -0.124. The highest BCUT2D eigenvalue weighted by molar-refractivity contribution is 5.78. The first-order valence-corrected chi connectivity index (χ1v) is 7.81. The van der Waals surface area contributed by atoms with Crippen molar-refractivity contribution in [2.75, 3.05) is 6.61 Å². The van der Waals surface area contributed by atoms with Gasteiger partial charge in [0.05, 0.1) is 11.6 Å². The highest BCUT2D eigenvalue weighted by Crippen LogP contribution is 2.27. The topological polar surface area (TPSA) is 95.0 Å². The number of aromatic nitrogens is 1. The van der Waals surface area contributed by atoms with Crippen molar-refractivity contribution in [1.29, 1.82) is 5.26 Å². The van der Waals surface area contributed by atoms with Gasteiger partial charge in [-0.05, 0) is 43.0 Å². The van der Waals surface area contributed by atoms with E-state index in [4.69, 9.17) is 10.00 Å². The number of nitriles is 1. The van der Waals surface area contributed by atoms with Crippen molar-refractivity contribution in [2.45, 2.75) is 25.3 Å². The van der Waals surface area contributed by atoms with Crippen LogP contribution in [0.25, 0.3) is 0 Å². The number of nitrogens with one attached hydrogen (secondary N) is 2. The molecule has 0 fully saturated rings. The summed E-state index contributed by atoms with van der Waals surface area (Å²) in [5.41, 5.74) is 2.10. The predicted octanol–water partition coefficient (Wildman–Crippen LogP) is 1.82. The molecule has 1 aromatic carbocycles. The van der Waals surface area contributed by atoms with Crippen LogP contribution in [0.1, 0.15) is 35.7 Å². The Morgan fingerprint density at radius 3 is 3.00 bits per heavy atom. The van der Waals surface area contributed by atoms with Gasteiger partial charge < -0.3 is 15.0 Å². The smallest absolute Gasteiger partial charge is 0.258 e. The number of pyridine rings is 1. The SMILES string of the molecule is N#Cc1ccccc1OCC(=O)NC1CCCc2[nH]c(=O)ccc21. The third-order valence-corrected chi connectivity index (χ3v) is 4.03. The Kier molecular flexibility index (Phi) is 4.62. The van der Waals surface area contributed by atoms with Gasteiger partial charge in [0.1, 0.15) is 11.8 Å². The highest BCUT2D eigenvalue weighted by Gasteiger charge is 2.22. The summed E-state index contributed by atoms with van der Waals surface area (Å²) in [7, 11) is 0. The van der Waals surface area contributed by atoms with Crippen molar-refractivity contribution in [3.05, 3.63) is 63.6 Å². The van der Waals surface area contributed by atoms with Crippen LogP contribution in [0, 0.1) is 11.3 Å². The summed E-state index contributed by atoms with van der Waals surface area (Å²) in [6.07, 6.45) is 2.53. The minimum absolute atomic E-state index is 0.128. The van der Waals surface area contributed by atoms with Gasteiger partial charge in [0, 0.05) is 11.8 Å². The van der Waals surface area contributed by atoms with E-state index in [9.17, 15) is 9.59 Å². The third-order valence-electron chi connectivity index (χ3n) is 4.03. The summed E-state index contributed by atoms with van der Waals surface area (Å²) < 4.78 is 5.45. The molecule has 24 heavy (non-hydrogen) atoms. The number of fused-ring (bicyclic) bond motifs is 1. The normalized spacial score (nSPS) is 15.9. The number of nitrogens with zero attached hydrogens (tertiary/aromatic N) is 1. The second-order valence-electron chi connectivity index (χ2n) is 5.67. The first-order chi connectivity index (χ1) is 11.7. The number of benzene rings is 1. The van der Waals surface area contributed by atoms with Gasteiger partial charge in [-0.15, -0.1) is 0 Å².